The Morgan fingerprint density at radius 1 is 0.889 bits per heavy atom. The number of nitrogens with zero attached hydrogens (tertiary/aromatic N) is 1. The second-order valence-corrected chi connectivity index (χ2v) is 6.54. The van der Waals surface area contributed by atoms with Gasteiger partial charge < -0.3 is 5.32 Å². The molecule has 0 aliphatic heterocycles. The van der Waals surface area contributed by atoms with E-state index in [2.05, 4.69) is 5.32 Å². The summed E-state index contributed by atoms with van der Waals surface area (Å²) in [5, 5.41) is 2.96. The van der Waals surface area contributed by atoms with E-state index >= 15 is 0 Å². The van der Waals surface area contributed by atoms with Crippen LogP contribution in [-0.4, -0.2) is 24.4 Å². The molecule has 0 saturated heterocycles. The highest BCUT2D eigenvalue weighted by Crippen LogP contribution is 2.27. The highest BCUT2D eigenvalue weighted by atomic mass is 19.1. The van der Waals surface area contributed by atoms with Crippen molar-refractivity contribution in [3.63, 3.8) is 0 Å². The number of nitrogens with one attached hydrogen (secondary N) is 1. The van der Waals surface area contributed by atoms with Crippen molar-refractivity contribution in [1.82, 2.24) is 10.2 Å². The zero-order valence-corrected chi connectivity index (χ0v) is 15.3. The van der Waals surface area contributed by atoms with E-state index in [0.717, 1.165) is 16.7 Å². The van der Waals surface area contributed by atoms with Gasteiger partial charge in [-0.15, -0.1) is 0 Å². The van der Waals surface area contributed by atoms with Crippen LogP contribution in [0.5, 0.6) is 0 Å². The molecule has 3 rings (SSSR count). The van der Waals surface area contributed by atoms with Crippen molar-refractivity contribution in [3.05, 3.63) is 107 Å². The average molecular weight is 362 g/mol. The first-order valence-electron chi connectivity index (χ1n) is 8.95. The minimum Gasteiger partial charge on any atom is -0.351 e. The highest BCUT2D eigenvalue weighted by Gasteiger charge is 2.21. The maximum Gasteiger partial charge on any atom is 0.234 e. The van der Waals surface area contributed by atoms with Gasteiger partial charge >= 0.3 is 0 Å². The third kappa shape index (κ3) is 5.25. The zero-order chi connectivity index (χ0) is 19.1. The van der Waals surface area contributed by atoms with E-state index in [-0.39, 0.29) is 24.3 Å². The SMILES string of the molecule is CN(CC(=O)NCc1ccccc1)C(c1ccccc1)c1ccc(F)cc1. The number of benzene rings is 3. The molecule has 0 radical (unpaired) electrons. The van der Waals surface area contributed by atoms with Crippen LogP contribution in [0.3, 0.4) is 0 Å². The molecule has 0 aromatic heterocycles. The molecule has 4 heteroatoms. The van der Waals surface area contributed by atoms with Gasteiger partial charge in [-0.2, -0.15) is 0 Å². The fourth-order valence-corrected chi connectivity index (χ4v) is 3.15. The van der Waals surface area contributed by atoms with Crippen LogP contribution in [0.4, 0.5) is 4.39 Å². The van der Waals surface area contributed by atoms with Crippen molar-refractivity contribution in [3.8, 4) is 0 Å². The highest BCUT2D eigenvalue weighted by molar-refractivity contribution is 5.78. The molecule has 27 heavy (non-hydrogen) atoms. The first kappa shape index (κ1) is 18.8. The summed E-state index contributed by atoms with van der Waals surface area (Å²) in [6, 6.07) is 26.1. The number of rotatable bonds is 7. The Hall–Kier alpha value is -2.98. The summed E-state index contributed by atoms with van der Waals surface area (Å²) in [5.41, 5.74) is 3.06. The van der Waals surface area contributed by atoms with E-state index < -0.39 is 0 Å². The first-order chi connectivity index (χ1) is 13.1. The van der Waals surface area contributed by atoms with Crippen molar-refractivity contribution < 1.29 is 9.18 Å². The molecule has 1 unspecified atom stereocenters. The summed E-state index contributed by atoms with van der Waals surface area (Å²) in [7, 11) is 1.91. The second-order valence-electron chi connectivity index (χ2n) is 6.54. The van der Waals surface area contributed by atoms with E-state index in [9.17, 15) is 9.18 Å². The molecule has 1 amide bonds. The maximum absolute atomic E-state index is 13.3. The molecule has 1 atom stereocenters. The normalized spacial score (nSPS) is 12.0. The van der Waals surface area contributed by atoms with Gasteiger partial charge in [-0.3, -0.25) is 9.69 Å². The first-order valence-corrected chi connectivity index (χ1v) is 8.95. The number of hydrogen-bond acceptors (Lipinski definition) is 2. The fourth-order valence-electron chi connectivity index (χ4n) is 3.15. The lowest BCUT2D eigenvalue weighted by molar-refractivity contribution is -0.122. The Bertz CT molecular complexity index is 851. The van der Waals surface area contributed by atoms with Crippen LogP contribution < -0.4 is 5.32 Å². The predicted octanol–water partition coefficient (Wildman–Crippen LogP) is 4.16. The zero-order valence-electron chi connectivity index (χ0n) is 15.3. The summed E-state index contributed by atoms with van der Waals surface area (Å²) in [4.78, 5) is 14.4. The minimum atomic E-state index is -0.270. The summed E-state index contributed by atoms with van der Waals surface area (Å²) in [5.74, 6) is -0.321. The molecular formula is C23H23FN2O. The maximum atomic E-state index is 13.3. The van der Waals surface area contributed by atoms with Gasteiger partial charge in [0.05, 0.1) is 12.6 Å². The van der Waals surface area contributed by atoms with Gasteiger partial charge in [0, 0.05) is 6.54 Å². The molecule has 0 spiro atoms. The lowest BCUT2D eigenvalue weighted by atomic mass is 9.97. The molecule has 0 bridgehead atoms. The molecule has 0 aliphatic carbocycles. The van der Waals surface area contributed by atoms with Gasteiger partial charge in [0.2, 0.25) is 5.91 Å². The molecule has 138 valence electrons. The van der Waals surface area contributed by atoms with Crippen LogP contribution in [0.25, 0.3) is 0 Å². The lowest BCUT2D eigenvalue weighted by Crippen LogP contribution is -2.37. The Balaban J connectivity index is 1.72. The van der Waals surface area contributed by atoms with Crippen LogP contribution >= 0.6 is 0 Å². The summed E-state index contributed by atoms with van der Waals surface area (Å²) in [6.45, 7) is 0.740. The molecule has 0 saturated carbocycles. The van der Waals surface area contributed by atoms with Gasteiger partial charge in [0.15, 0.2) is 0 Å². The largest absolute Gasteiger partial charge is 0.351 e. The third-order valence-electron chi connectivity index (χ3n) is 4.47. The average Bonchev–Trinajstić information content (AvgIpc) is 2.70. The molecule has 3 nitrogen and oxygen atoms in total. The number of amides is 1. The molecule has 1 N–H and O–H groups in total. The molecular weight excluding hydrogens is 339 g/mol. The Morgan fingerprint density at radius 2 is 1.44 bits per heavy atom. The second kappa shape index (κ2) is 9.10. The summed E-state index contributed by atoms with van der Waals surface area (Å²) in [6.07, 6.45) is 0. The lowest BCUT2D eigenvalue weighted by Gasteiger charge is -2.28. The quantitative estimate of drug-likeness (QED) is 0.684. The van der Waals surface area contributed by atoms with E-state index in [0.29, 0.717) is 6.54 Å². The smallest absolute Gasteiger partial charge is 0.234 e. The van der Waals surface area contributed by atoms with Gasteiger partial charge in [-0.05, 0) is 35.9 Å². The van der Waals surface area contributed by atoms with Crippen LogP contribution in [0.15, 0.2) is 84.9 Å². The van der Waals surface area contributed by atoms with E-state index in [1.165, 1.54) is 12.1 Å². The number of carbonyl (C=O) groups excluding carboxylic acids is 1. The molecule has 3 aromatic rings. The Morgan fingerprint density at radius 3 is 2.07 bits per heavy atom. The van der Waals surface area contributed by atoms with E-state index in [4.69, 9.17) is 0 Å². The number of carbonyl (C=O) groups is 1. The van der Waals surface area contributed by atoms with E-state index in [1.54, 1.807) is 12.1 Å². The van der Waals surface area contributed by atoms with Crippen molar-refractivity contribution in [2.75, 3.05) is 13.6 Å². The van der Waals surface area contributed by atoms with Crippen molar-refractivity contribution in [2.45, 2.75) is 12.6 Å². The third-order valence-corrected chi connectivity index (χ3v) is 4.47. The van der Waals surface area contributed by atoms with Crippen LogP contribution in [0.2, 0.25) is 0 Å². The Labute approximate surface area is 159 Å². The van der Waals surface area contributed by atoms with Crippen molar-refractivity contribution in [1.29, 1.82) is 0 Å². The van der Waals surface area contributed by atoms with Crippen LogP contribution in [-0.2, 0) is 11.3 Å². The summed E-state index contributed by atoms with van der Waals surface area (Å²) >= 11 is 0. The minimum absolute atomic E-state index is 0.0515. The van der Waals surface area contributed by atoms with Crippen molar-refractivity contribution in [2.24, 2.45) is 0 Å². The molecule has 3 aromatic carbocycles. The summed E-state index contributed by atoms with van der Waals surface area (Å²) < 4.78 is 13.3. The molecule has 0 heterocycles. The standard InChI is InChI=1S/C23H23FN2O/c1-26(17-22(27)25-16-18-8-4-2-5-9-18)23(19-10-6-3-7-11-19)20-12-14-21(24)15-13-20/h2-15,23H,16-17H2,1H3,(H,25,27). The molecule has 0 fully saturated rings. The monoisotopic (exact) mass is 362 g/mol. The number of halogens is 1. The van der Waals surface area contributed by atoms with Gasteiger partial charge in [-0.25, -0.2) is 4.39 Å². The predicted molar refractivity (Wildman–Crippen MR) is 106 cm³/mol. The van der Waals surface area contributed by atoms with Crippen LogP contribution in [0.1, 0.15) is 22.7 Å². The fraction of sp³-hybridized carbons (Fsp3) is 0.174. The van der Waals surface area contributed by atoms with Gasteiger partial charge in [0.1, 0.15) is 5.82 Å². The number of hydrogen-bond donors (Lipinski definition) is 1. The van der Waals surface area contributed by atoms with Gasteiger partial charge in [-0.1, -0.05) is 72.8 Å². The Kier molecular flexibility index (Phi) is 6.34. The van der Waals surface area contributed by atoms with Crippen molar-refractivity contribution >= 4 is 5.91 Å². The molecule has 0 aliphatic rings. The van der Waals surface area contributed by atoms with Crippen LogP contribution in [0, 0.1) is 5.82 Å². The topological polar surface area (TPSA) is 32.3 Å². The van der Waals surface area contributed by atoms with E-state index in [1.807, 2.05) is 72.6 Å². The van der Waals surface area contributed by atoms with Gasteiger partial charge in [0.25, 0.3) is 0 Å². The number of likely N-dealkylation sites (N-methyl/N-ethyl adjacent to an activating group) is 1.